The van der Waals surface area contributed by atoms with Gasteiger partial charge < -0.3 is 5.11 Å². The van der Waals surface area contributed by atoms with E-state index in [9.17, 15) is 18.3 Å². The zero-order valence-corrected chi connectivity index (χ0v) is 13.3. The van der Waals surface area contributed by atoms with Crippen molar-refractivity contribution in [3.8, 4) is 0 Å². The van der Waals surface area contributed by atoms with Crippen LogP contribution in [-0.4, -0.2) is 14.9 Å². The number of hydrogen-bond acceptors (Lipinski definition) is 2. The van der Waals surface area contributed by atoms with E-state index in [0.29, 0.717) is 10.2 Å². The Balaban J connectivity index is 2.49. The first-order chi connectivity index (χ1) is 9.21. The Morgan fingerprint density at radius 3 is 2.40 bits per heavy atom. The molecule has 3 nitrogen and oxygen atoms in total. The van der Waals surface area contributed by atoms with Crippen molar-refractivity contribution in [1.29, 1.82) is 0 Å². The van der Waals surface area contributed by atoms with Gasteiger partial charge in [-0.3, -0.25) is 4.68 Å². The highest BCUT2D eigenvalue weighted by Crippen LogP contribution is 2.37. The number of nitrogens with zero attached hydrogens (tertiary/aromatic N) is 2. The molecule has 1 aromatic carbocycles. The quantitative estimate of drug-likeness (QED) is 0.806. The summed E-state index contributed by atoms with van der Waals surface area (Å²) in [7, 11) is 1.60. The van der Waals surface area contributed by atoms with Crippen molar-refractivity contribution in [2.75, 3.05) is 0 Å². The number of rotatable bonds is 2. The molecule has 1 unspecified atom stereocenters. The second kappa shape index (κ2) is 5.50. The summed E-state index contributed by atoms with van der Waals surface area (Å²) in [6.07, 6.45) is -4.22. The fraction of sp³-hybridized carbons (Fsp3) is 0.250. The van der Waals surface area contributed by atoms with Crippen molar-refractivity contribution < 1.29 is 18.3 Å². The number of aromatic nitrogens is 2. The Morgan fingerprint density at radius 1 is 1.25 bits per heavy atom. The Labute approximate surface area is 129 Å². The summed E-state index contributed by atoms with van der Waals surface area (Å²) in [6.45, 7) is 0. The van der Waals surface area contributed by atoms with Crippen LogP contribution in [-0.2, 0) is 13.2 Å². The molecule has 1 aromatic heterocycles. The van der Waals surface area contributed by atoms with Crippen LogP contribution >= 0.6 is 31.9 Å². The SMILES string of the molecule is Cn1ncc(Br)c1C(O)c1ccc(Br)c(C(F)(F)F)c1. The lowest BCUT2D eigenvalue weighted by molar-refractivity contribution is -0.138. The molecule has 1 atom stereocenters. The Morgan fingerprint density at radius 2 is 1.90 bits per heavy atom. The topological polar surface area (TPSA) is 38.0 Å². The van der Waals surface area contributed by atoms with Gasteiger partial charge in [0.2, 0.25) is 0 Å². The van der Waals surface area contributed by atoms with E-state index in [2.05, 4.69) is 37.0 Å². The normalized spacial score (nSPS) is 13.6. The summed E-state index contributed by atoms with van der Waals surface area (Å²) in [5.74, 6) is 0. The van der Waals surface area contributed by atoms with Crippen LogP contribution in [0.25, 0.3) is 0 Å². The summed E-state index contributed by atoms with van der Waals surface area (Å²) < 4.78 is 40.4. The lowest BCUT2D eigenvalue weighted by Gasteiger charge is -2.16. The van der Waals surface area contributed by atoms with Crippen LogP contribution in [0.15, 0.2) is 33.3 Å². The molecule has 0 aliphatic rings. The maximum Gasteiger partial charge on any atom is 0.417 e. The highest BCUT2D eigenvalue weighted by atomic mass is 79.9. The van der Waals surface area contributed by atoms with E-state index in [1.807, 2.05) is 0 Å². The average Bonchev–Trinajstić information content (AvgIpc) is 2.67. The van der Waals surface area contributed by atoms with Crippen LogP contribution in [0, 0.1) is 0 Å². The van der Waals surface area contributed by atoms with Crippen molar-refractivity contribution in [3.63, 3.8) is 0 Å². The van der Waals surface area contributed by atoms with E-state index in [-0.39, 0.29) is 10.0 Å². The minimum absolute atomic E-state index is 0.0648. The van der Waals surface area contributed by atoms with Crippen molar-refractivity contribution in [1.82, 2.24) is 9.78 Å². The Kier molecular flexibility index (Phi) is 4.27. The van der Waals surface area contributed by atoms with Crippen LogP contribution in [0.2, 0.25) is 0 Å². The Hall–Kier alpha value is -0.860. The van der Waals surface area contributed by atoms with Gasteiger partial charge in [-0.2, -0.15) is 18.3 Å². The standard InChI is InChI=1S/C12H9Br2F3N2O/c1-19-10(9(14)5-18-19)11(20)6-2-3-8(13)7(4-6)12(15,16)17/h2-5,11,20H,1H3. The van der Waals surface area contributed by atoms with Gasteiger partial charge in [0.15, 0.2) is 0 Å². The summed E-state index contributed by atoms with van der Waals surface area (Å²) in [4.78, 5) is 0. The van der Waals surface area contributed by atoms with Gasteiger partial charge in [-0.1, -0.05) is 22.0 Å². The van der Waals surface area contributed by atoms with Crippen LogP contribution in [0.3, 0.4) is 0 Å². The molecule has 108 valence electrons. The molecule has 20 heavy (non-hydrogen) atoms. The zero-order valence-electron chi connectivity index (χ0n) is 10.1. The third-order valence-electron chi connectivity index (χ3n) is 2.81. The molecule has 1 heterocycles. The first-order valence-electron chi connectivity index (χ1n) is 5.44. The molecule has 0 fully saturated rings. The first-order valence-corrected chi connectivity index (χ1v) is 7.02. The number of aryl methyl sites for hydroxylation is 1. The van der Waals surface area contributed by atoms with Crippen LogP contribution in [0.4, 0.5) is 13.2 Å². The number of halogens is 5. The second-order valence-corrected chi connectivity index (χ2v) is 5.85. The predicted molar refractivity (Wildman–Crippen MR) is 74.1 cm³/mol. The molecule has 0 aliphatic carbocycles. The zero-order chi connectivity index (χ0) is 15.1. The lowest BCUT2D eigenvalue weighted by Crippen LogP contribution is -2.11. The smallest absolute Gasteiger partial charge is 0.382 e. The number of aliphatic hydroxyl groups excluding tert-OH is 1. The molecule has 0 saturated carbocycles. The molecular weight excluding hydrogens is 405 g/mol. The molecule has 1 N–H and O–H groups in total. The number of alkyl halides is 3. The van der Waals surface area contributed by atoms with Crippen LogP contribution in [0.1, 0.15) is 22.9 Å². The van der Waals surface area contributed by atoms with E-state index in [4.69, 9.17) is 0 Å². The average molecular weight is 414 g/mol. The van der Waals surface area contributed by atoms with Gasteiger partial charge in [0.05, 0.1) is 21.9 Å². The number of hydrogen-bond donors (Lipinski definition) is 1. The number of benzene rings is 1. The Bertz CT molecular complexity index is 621. The maximum atomic E-state index is 12.9. The van der Waals surface area contributed by atoms with Crippen LogP contribution in [0.5, 0.6) is 0 Å². The fourth-order valence-electron chi connectivity index (χ4n) is 1.82. The molecule has 2 rings (SSSR count). The van der Waals surface area contributed by atoms with E-state index in [1.54, 1.807) is 7.05 Å². The monoisotopic (exact) mass is 412 g/mol. The third kappa shape index (κ3) is 2.91. The van der Waals surface area contributed by atoms with Gasteiger partial charge >= 0.3 is 6.18 Å². The molecule has 0 aliphatic heterocycles. The summed E-state index contributed by atoms with van der Waals surface area (Å²) in [5, 5.41) is 14.2. The van der Waals surface area contributed by atoms with Gasteiger partial charge in [0.1, 0.15) is 6.10 Å². The van der Waals surface area contributed by atoms with E-state index < -0.39 is 17.8 Å². The number of aliphatic hydroxyl groups is 1. The minimum atomic E-state index is -4.49. The highest BCUT2D eigenvalue weighted by molar-refractivity contribution is 9.10. The summed E-state index contributed by atoms with van der Waals surface area (Å²) in [6, 6.07) is 3.63. The van der Waals surface area contributed by atoms with E-state index in [0.717, 1.165) is 6.07 Å². The molecular formula is C12H9Br2F3N2O. The first kappa shape index (κ1) is 15.5. The lowest BCUT2D eigenvalue weighted by atomic mass is 10.0. The highest BCUT2D eigenvalue weighted by Gasteiger charge is 2.34. The largest absolute Gasteiger partial charge is 0.417 e. The molecule has 0 saturated heterocycles. The van der Waals surface area contributed by atoms with Crippen molar-refractivity contribution >= 4 is 31.9 Å². The molecule has 0 bridgehead atoms. The molecule has 0 radical (unpaired) electrons. The van der Waals surface area contributed by atoms with Crippen molar-refractivity contribution in [2.45, 2.75) is 12.3 Å². The molecule has 0 spiro atoms. The van der Waals surface area contributed by atoms with Gasteiger partial charge in [-0.15, -0.1) is 0 Å². The van der Waals surface area contributed by atoms with E-state index >= 15 is 0 Å². The van der Waals surface area contributed by atoms with Gasteiger partial charge in [0.25, 0.3) is 0 Å². The van der Waals surface area contributed by atoms with Gasteiger partial charge in [-0.25, -0.2) is 0 Å². The minimum Gasteiger partial charge on any atom is -0.382 e. The second-order valence-electron chi connectivity index (χ2n) is 4.14. The van der Waals surface area contributed by atoms with Crippen molar-refractivity contribution in [2.24, 2.45) is 7.05 Å². The predicted octanol–water partition coefficient (Wildman–Crippen LogP) is 4.05. The summed E-state index contributed by atoms with van der Waals surface area (Å²) in [5.41, 5.74) is -0.294. The van der Waals surface area contributed by atoms with Gasteiger partial charge in [-0.05, 0) is 33.6 Å². The molecule has 2 aromatic rings. The summed E-state index contributed by atoms with van der Waals surface area (Å²) >= 11 is 6.08. The molecule has 8 heteroatoms. The maximum absolute atomic E-state index is 12.9. The third-order valence-corrected chi connectivity index (χ3v) is 4.11. The molecule has 0 amide bonds. The van der Waals surface area contributed by atoms with E-state index in [1.165, 1.54) is 23.0 Å². The fourth-order valence-corrected chi connectivity index (χ4v) is 2.85. The van der Waals surface area contributed by atoms with Crippen molar-refractivity contribution in [3.05, 3.63) is 50.2 Å². The van der Waals surface area contributed by atoms with Gasteiger partial charge in [0, 0.05) is 11.5 Å². The van der Waals surface area contributed by atoms with Crippen LogP contribution < -0.4 is 0 Å².